The third kappa shape index (κ3) is 3.91. The van der Waals surface area contributed by atoms with Crippen LogP contribution in [0.2, 0.25) is 0 Å². The summed E-state index contributed by atoms with van der Waals surface area (Å²) in [6.07, 6.45) is 32.9. The van der Waals surface area contributed by atoms with Crippen LogP contribution in [0.15, 0.2) is 108 Å². The van der Waals surface area contributed by atoms with Crippen LogP contribution < -0.4 is 0 Å². The molecule has 2 aliphatic rings. The smallest absolute Gasteiger partial charge is 0.0184 e. The molecular weight excluding hydrogens is 216 g/mol. The Hall–Kier alpha value is -2.34. The molecule has 2 aliphatic carbocycles. The lowest BCUT2D eigenvalue weighted by atomic mass is 10.1. The fourth-order valence-corrected chi connectivity index (χ4v) is 1.65. The first kappa shape index (κ1) is 12.1. The van der Waals surface area contributed by atoms with E-state index in [4.69, 9.17) is 0 Å². The molecule has 0 unspecified atom stereocenters. The Labute approximate surface area is 109 Å². The average Bonchev–Trinajstić information content (AvgIpc) is 2.61. The minimum Gasteiger partial charge on any atom is -0.0623 e. The molecule has 0 bridgehead atoms. The van der Waals surface area contributed by atoms with Gasteiger partial charge < -0.3 is 0 Å². The maximum absolute atomic E-state index is 2.12. The monoisotopic (exact) mass is 232 g/mol. The van der Waals surface area contributed by atoms with Gasteiger partial charge in [-0.25, -0.2) is 0 Å². The first-order valence-corrected chi connectivity index (χ1v) is 6.07. The van der Waals surface area contributed by atoms with E-state index >= 15 is 0 Å². The fourth-order valence-electron chi connectivity index (χ4n) is 1.65. The Bertz CT molecular complexity index is 441. The molecule has 0 spiro atoms. The van der Waals surface area contributed by atoms with Gasteiger partial charge in [-0.2, -0.15) is 0 Å². The van der Waals surface area contributed by atoms with Crippen molar-refractivity contribution in [1.82, 2.24) is 0 Å². The summed E-state index contributed by atoms with van der Waals surface area (Å²) in [7, 11) is 0. The zero-order valence-electron chi connectivity index (χ0n) is 10.2. The zero-order valence-corrected chi connectivity index (χ0v) is 10.2. The van der Waals surface area contributed by atoms with Gasteiger partial charge in [0.25, 0.3) is 0 Å². The first-order valence-electron chi connectivity index (χ1n) is 6.07. The van der Waals surface area contributed by atoms with Crippen LogP contribution in [0.3, 0.4) is 0 Å². The Morgan fingerprint density at radius 2 is 0.500 bits per heavy atom. The molecule has 0 amide bonds. The Morgan fingerprint density at radius 3 is 0.778 bits per heavy atom. The minimum atomic E-state index is 1.20. The molecule has 0 aromatic rings. The highest BCUT2D eigenvalue weighted by Gasteiger charge is 1.94. The average molecular weight is 232 g/mol. The maximum Gasteiger partial charge on any atom is -0.0184 e. The standard InChI is InChI=1S/C18H16/c1-2-6-10-14-17(13-9-5-1)18-15-11-7-3-4-8-12-16-18/h1-16H/b5-1-,6-2-,7-3-,8-4-,13-9-,14-10-,15-11-,16-12-. The van der Waals surface area contributed by atoms with Gasteiger partial charge >= 0.3 is 0 Å². The van der Waals surface area contributed by atoms with Gasteiger partial charge in [0.05, 0.1) is 0 Å². The molecule has 0 radical (unpaired) electrons. The molecule has 0 nitrogen and oxygen atoms in total. The molecule has 0 fully saturated rings. The Kier molecular flexibility index (Phi) is 4.77. The van der Waals surface area contributed by atoms with Crippen LogP contribution in [-0.2, 0) is 0 Å². The lowest BCUT2D eigenvalue weighted by Gasteiger charge is -1.99. The van der Waals surface area contributed by atoms with Crippen molar-refractivity contribution >= 4 is 0 Å². The Balaban J connectivity index is 2.42. The third-order valence-electron chi connectivity index (χ3n) is 2.55. The lowest BCUT2D eigenvalue weighted by molar-refractivity contribution is 1.56. The van der Waals surface area contributed by atoms with Gasteiger partial charge in [0, 0.05) is 0 Å². The second-order valence-corrected chi connectivity index (χ2v) is 3.89. The van der Waals surface area contributed by atoms with Crippen LogP contribution in [0.25, 0.3) is 0 Å². The largest absolute Gasteiger partial charge is 0.0623 e. The van der Waals surface area contributed by atoms with E-state index in [0.717, 1.165) is 0 Å². The number of hydrogen-bond acceptors (Lipinski definition) is 0. The highest BCUT2D eigenvalue weighted by molar-refractivity contribution is 5.49. The van der Waals surface area contributed by atoms with E-state index < -0.39 is 0 Å². The van der Waals surface area contributed by atoms with Crippen LogP contribution >= 0.6 is 0 Å². The van der Waals surface area contributed by atoms with Crippen molar-refractivity contribution in [2.45, 2.75) is 0 Å². The predicted octanol–water partition coefficient (Wildman–Crippen LogP) is 4.76. The van der Waals surface area contributed by atoms with Crippen molar-refractivity contribution in [1.29, 1.82) is 0 Å². The molecule has 0 heteroatoms. The van der Waals surface area contributed by atoms with Crippen molar-refractivity contribution in [3.05, 3.63) is 108 Å². The van der Waals surface area contributed by atoms with Gasteiger partial charge in [-0.3, -0.25) is 0 Å². The molecule has 0 aromatic carbocycles. The molecule has 0 N–H and O–H groups in total. The zero-order chi connectivity index (χ0) is 12.5. The van der Waals surface area contributed by atoms with Crippen molar-refractivity contribution < 1.29 is 0 Å². The van der Waals surface area contributed by atoms with E-state index in [1.165, 1.54) is 11.1 Å². The molecule has 18 heavy (non-hydrogen) atoms. The molecule has 88 valence electrons. The number of hydrogen-bond donors (Lipinski definition) is 0. The van der Waals surface area contributed by atoms with Crippen molar-refractivity contribution in [2.24, 2.45) is 0 Å². The van der Waals surface area contributed by atoms with Crippen molar-refractivity contribution in [3.63, 3.8) is 0 Å². The predicted molar refractivity (Wildman–Crippen MR) is 80.1 cm³/mol. The van der Waals surface area contributed by atoms with Gasteiger partial charge in [0.1, 0.15) is 0 Å². The van der Waals surface area contributed by atoms with Gasteiger partial charge in [0.15, 0.2) is 0 Å². The highest BCUT2D eigenvalue weighted by atomic mass is 14.0. The SMILES string of the molecule is C1=C\C=C/C(=C2\C=C/C=C\C=C/C=C\2)/C=C\C=C/1. The molecule has 0 aliphatic heterocycles. The normalized spacial score (nSPS) is 32.4. The van der Waals surface area contributed by atoms with Crippen LogP contribution in [0.4, 0.5) is 0 Å². The molecular formula is C18H16. The van der Waals surface area contributed by atoms with Crippen LogP contribution in [-0.4, -0.2) is 0 Å². The molecule has 0 heterocycles. The van der Waals surface area contributed by atoms with E-state index in [1.807, 2.05) is 48.6 Å². The highest BCUT2D eigenvalue weighted by Crippen LogP contribution is 2.14. The summed E-state index contributed by atoms with van der Waals surface area (Å²) in [5.74, 6) is 0. The Morgan fingerprint density at radius 1 is 0.278 bits per heavy atom. The summed E-state index contributed by atoms with van der Waals surface area (Å²) < 4.78 is 0. The topological polar surface area (TPSA) is 0 Å². The lowest BCUT2D eigenvalue weighted by Crippen LogP contribution is -1.80. The van der Waals surface area contributed by atoms with Gasteiger partial charge in [-0.1, -0.05) is 97.2 Å². The van der Waals surface area contributed by atoms with Gasteiger partial charge in [0.2, 0.25) is 0 Å². The summed E-state index contributed by atoms with van der Waals surface area (Å²) in [6, 6.07) is 0. The molecule has 0 saturated heterocycles. The van der Waals surface area contributed by atoms with Crippen LogP contribution in [0, 0.1) is 0 Å². The van der Waals surface area contributed by atoms with E-state index in [2.05, 4.69) is 48.6 Å². The van der Waals surface area contributed by atoms with Crippen LogP contribution in [0.5, 0.6) is 0 Å². The second kappa shape index (κ2) is 7.08. The van der Waals surface area contributed by atoms with E-state index in [-0.39, 0.29) is 0 Å². The minimum absolute atomic E-state index is 1.20. The summed E-state index contributed by atoms with van der Waals surface area (Å²) >= 11 is 0. The van der Waals surface area contributed by atoms with Gasteiger partial charge in [-0.15, -0.1) is 0 Å². The molecule has 2 rings (SSSR count). The van der Waals surface area contributed by atoms with Crippen molar-refractivity contribution in [2.75, 3.05) is 0 Å². The summed E-state index contributed by atoms with van der Waals surface area (Å²) in [5, 5.41) is 0. The fraction of sp³-hybridized carbons (Fsp3) is 0. The van der Waals surface area contributed by atoms with Crippen LogP contribution in [0.1, 0.15) is 0 Å². The summed E-state index contributed by atoms with van der Waals surface area (Å²) in [6.45, 7) is 0. The van der Waals surface area contributed by atoms with Crippen molar-refractivity contribution in [3.8, 4) is 0 Å². The van der Waals surface area contributed by atoms with E-state index in [9.17, 15) is 0 Å². The first-order chi connectivity index (χ1) is 8.97. The van der Waals surface area contributed by atoms with Gasteiger partial charge in [-0.05, 0) is 11.1 Å². The van der Waals surface area contributed by atoms with E-state index in [0.29, 0.717) is 0 Å². The quantitative estimate of drug-likeness (QED) is 0.565. The molecule has 0 aromatic heterocycles. The molecule has 0 atom stereocenters. The second-order valence-electron chi connectivity index (χ2n) is 3.89. The number of allylic oxidation sites excluding steroid dienone is 18. The number of rotatable bonds is 0. The summed E-state index contributed by atoms with van der Waals surface area (Å²) in [5.41, 5.74) is 2.39. The van der Waals surface area contributed by atoms with E-state index in [1.54, 1.807) is 0 Å². The maximum atomic E-state index is 2.12. The summed E-state index contributed by atoms with van der Waals surface area (Å²) in [4.78, 5) is 0. The molecule has 0 saturated carbocycles. The third-order valence-corrected chi connectivity index (χ3v) is 2.55.